The molecule has 2 saturated heterocycles. The minimum Gasteiger partial charge on any atom is -0.481 e. The lowest BCUT2D eigenvalue weighted by atomic mass is 9.98. The van der Waals surface area contributed by atoms with E-state index in [-0.39, 0.29) is 64.5 Å². The number of aliphatic carboxylic acids is 1. The fraction of sp³-hybridized carbons (Fsp3) is 0.469. The molecule has 0 unspecified atom stereocenters. The second-order valence-corrected chi connectivity index (χ2v) is 17.9. The molecule has 6 rings (SSSR count). The van der Waals surface area contributed by atoms with Crippen molar-refractivity contribution in [1.82, 2.24) is 51.3 Å². The molecule has 21 heteroatoms. The highest BCUT2D eigenvalue weighted by molar-refractivity contribution is 6.00. The van der Waals surface area contributed by atoms with Gasteiger partial charge in [0.15, 0.2) is 0 Å². The maximum atomic E-state index is 14.8. The van der Waals surface area contributed by atoms with E-state index in [1.807, 2.05) is 31.2 Å². The Kier molecular flexibility index (Phi) is 18.2. The highest BCUT2D eigenvalue weighted by atomic mass is 16.4. The predicted molar refractivity (Wildman–Crippen MR) is 255 cm³/mol. The number of fused-ring (bicyclic) bond motifs is 2. The molecular weight excluding hydrogens is 903 g/mol. The van der Waals surface area contributed by atoms with Crippen molar-refractivity contribution in [1.29, 1.82) is 0 Å². The van der Waals surface area contributed by atoms with E-state index in [0.29, 0.717) is 30.5 Å². The summed E-state index contributed by atoms with van der Waals surface area (Å²) in [6.45, 7) is 3.23. The predicted octanol–water partition coefficient (Wildman–Crippen LogP) is 0.885. The van der Waals surface area contributed by atoms with Crippen LogP contribution in [-0.2, 0) is 62.4 Å². The molecule has 10 N–H and O–H groups in total. The van der Waals surface area contributed by atoms with Crippen LogP contribution < -0.4 is 32.3 Å². The summed E-state index contributed by atoms with van der Waals surface area (Å²) in [5.74, 6) is -7.88. The van der Waals surface area contributed by atoms with Crippen LogP contribution in [0.3, 0.4) is 0 Å². The van der Waals surface area contributed by atoms with Crippen molar-refractivity contribution >= 4 is 64.1 Å². The standard InChI is InChI=1S/C49H63N11O10/c1-3-4-16-35(55-29(2)61)49(70)60-39(43(50)64)18-10-11-20-52-44(65)36(23-31-26-53-34-17-9-8-15-33(31)34)56-46(67)40-19-12-21-59(40)48(69)38(22-30-13-6-5-7-14-30)58-45(66)37(24-32-27-51-28-54-32)57-47(68)41(60)25-42(62)63/h5-9,13-15,17,26-28,35-41,53H,3-4,10-12,16,18-25H2,1-2H3,(H2,50,64)(H,51,54)(H,52,65)(H,55,61)(H,56,67)(H,57,68)(H,58,66)(H,62,63)/t35-,36-,37-,38-,39-,40-,41-/m0/s1. The van der Waals surface area contributed by atoms with E-state index in [0.717, 1.165) is 21.4 Å². The molecule has 2 aliphatic heterocycles. The number of carboxylic acids is 1. The van der Waals surface area contributed by atoms with Crippen molar-refractivity contribution < 1.29 is 48.3 Å². The normalized spacial score (nSPS) is 22.7. The highest BCUT2D eigenvalue weighted by Gasteiger charge is 2.44. The monoisotopic (exact) mass is 965 g/mol. The van der Waals surface area contributed by atoms with E-state index in [2.05, 4.69) is 41.5 Å². The van der Waals surface area contributed by atoms with Gasteiger partial charge in [0.05, 0.1) is 12.7 Å². The van der Waals surface area contributed by atoms with Crippen LogP contribution in [0.4, 0.5) is 0 Å². The number of unbranched alkanes of at least 4 members (excludes halogenated alkanes) is 1. The van der Waals surface area contributed by atoms with Gasteiger partial charge in [-0.05, 0) is 55.7 Å². The number of hydrogen-bond acceptors (Lipinski definition) is 10. The van der Waals surface area contributed by atoms with Crippen LogP contribution in [0.15, 0.2) is 73.3 Å². The summed E-state index contributed by atoms with van der Waals surface area (Å²) in [6, 6.07) is 6.47. The summed E-state index contributed by atoms with van der Waals surface area (Å²) < 4.78 is 0. The molecule has 374 valence electrons. The first kappa shape index (κ1) is 51.8. The number of aromatic amines is 2. The molecule has 21 nitrogen and oxygen atoms in total. The van der Waals surface area contributed by atoms with E-state index >= 15 is 0 Å². The Bertz CT molecular complexity index is 2500. The minimum atomic E-state index is -1.96. The minimum absolute atomic E-state index is 0.0286. The van der Waals surface area contributed by atoms with Gasteiger partial charge in [-0.2, -0.15) is 0 Å². The molecule has 2 aliphatic rings. The average Bonchev–Trinajstić information content (AvgIpc) is 4.13. The van der Waals surface area contributed by atoms with Gasteiger partial charge in [0.2, 0.25) is 47.3 Å². The SMILES string of the molecule is CCCC[C@H](NC(C)=O)C(=O)N1[C@H](C(N)=O)CCCCNC(=O)[C@H](Cc2c[nH]c3ccccc23)NC(=O)[C@@H]2CCCN2C(=O)[C@H](Cc2ccccc2)NC(=O)[C@H](Cc2cnc[nH]2)NC(=O)[C@@H]1CC(=O)O. The molecule has 4 aromatic rings. The van der Waals surface area contributed by atoms with Gasteiger partial charge in [-0.15, -0.1) is 0 Å². The molecule has 8 amide bonds. The number of nitrogens with zero attached hydrogens (tertiary/aromatic N) is 3. The molecule has 2 fully saturated rings. The van der Waals surface area contributed by atoms with Gasteiger partial charge < -0.3 is 57.2 Å². The summed E-state index contributed by atoms with van der Waals surface area (Å²) in [7, 11) is 0. The van der Waals surface area contributed by atoms with Crippen molar-refractivity contribution in [2.24, 2.45) is 5.73 Å². The van der Waals surface area contributed by atoms with Crippen LogP contribution in [-0.4, -0.2) is 138 Å². The first-order valence-corrected chi connectivity index (χ1v) is 23.8. The van der Waals surface area contributed by atoms with Gasteiger partial charge in [-0.1, -0.05) is 68.3 Å². The summed E-state index contributed by atoms with van der Waals surface area (Å²) in [4.78, 5) is 139. The number of nitrogens with two attached hydrogens (primary N) is 1. The largest absolute Gasteiger partial charge is 0.481 e. The van der Waals surface area contributed by atoms with Gasteiger partial charge in [0.1, 0.15) is 42.3 Å². The molecule has 0 radical (unpaired) electrons. The molecule has 2 aromatic carbocycles. The number of nitrogens with one attached hydrogen (secondary N) is 7. The zero-order valence-corrected chi connectivity index (χ0v) is 39.4. The molecular formula is C49H63N11O10. The lowest BCUT2D eigenvalue weighted by Gasteiger charge is -2.38. The average molecular weight is 966 g/mol. The number of carboxylic acid groups (broad SMARTS) is 1. The maximum Gasteiger partial charge on any atom is 0.305 e. The second-order valence-electron chi connectivity index (χ2n) is 17.9. The van der Waals surface area contributed by atoms with Crippen molar-refractivity contribution in [3.63, 3.8) is 0 Å². The zero-order chi connectivity index (χ0) is 50.3. The Labute approximate surface area is 404 Å². The zero-order valence-electron chi connectivity index (χ0n) is 39.4. The quantitative estimate of drug-likeness (QED) is 0.0855. The Morgan fingerprint density at radius 1 is 0.829 bits per heavy atom. The number of amides is 8. The van der Waals surface area contributed by atoms with Crippen LogP contribution in [0.1, 0.15) is 88.5 Å². The molecule has 0 aliphatic carbocycles. The maximum absolute atomic E-state index is 14.8. The molecule has 0 saturated carbocycles. The van der Waals surface area contributed by atoms with Crippen molar-refractivity contribution in [3.8, 4) is 0 Å². The van der Waals surface area contributed by atoms with Crippen LogP contribution in [0.2, 0.25) is 0 Å². The Morgan fingerprint density at radius 3 is 2.24 bits per heavy atom. The fourth-order valence-electron chi connectivity index (χ4n) is 9.23. The number of imidazole rings is 1. The highest BCUT2D eigenvalue weighted by Crippen LogP contribution is 2.24. The smallest absolute Gasteiger partial charge is 0.305 e. The second kappa shape index (κ2) is 24.6. The number of rotatable bonds is 14. The summed E-state index contributed by atoms with van der Waals surface area (Å²) >= 11 is 0. The van der Waals surface area contributed by atoms with E-state index in [1.165, 1.54) is 24.3 Å². The number of para-hydroxylation sites is 1. The lowest BCUT2D eigenvalue weighted by molar-refractivity contribution is -0.154. The van der Waals surface area contributed by atoms with E-state index in [9.17, 15) is 48.3 Å². The number of carbonyl (C=O) groups is 9. The lowest BCUT2D eigenvalue weighted by Crippen LogP contribution is -2.64. The van der Waals surface area contributed by atoms with Gasteiger partial charge in [0, 0.05) is 68.3 Å². The van der Waals surface area contributed by atoms with Gasteiger partial charge in [-0.25, -0.2) is 4.98 Å². The summed E-state index contributed by atoms with van der Waals surface area (Å²) in [6.07, 6.45) is 5.18. The number of H-pyrrole nitrogens is 2. The third kappa shape index (κ3) is 13.6. The van der Waals surface area contributed by atoms with Crippen LogP contribution >= 0.6 is 0 Å². The first-order chi connectivity index (χ1) is 33.6. The fourth-order valence-corrected chi connectivity index (χ4v) is 9.23. The molecule has 0 bridgehead atoms. The van der Waals surface area contributed by atoms with Crippen LogP contribution in [0.25, 0.3) is 10.9 Å². The van der Waals surface area contributed by atoms with E-state index in [4.69, 9.17) is 5.73 Å². The van der Waals surface area contributed by atoms with Crippen LogP contribution in [0.5, 0.6) is 0 Å². The number of carbonyl (C=O) groups excluding carboxylic acids is 8. The number of primary amides is 1. The third-order valence-corrected chi connectivity index (χ3v) is 12.7. The third-order valence-electron chi connectivity index (χ3n) is 12.7. The van der Waals surface area contributed by atoms with Gasteiger partial charge in [-0.3, -0.25) is 43.2 Å². The van der Waals surface area contributed by atoms with Crippen molar-refractivity contribution in [2.45, 2.75) is 133 Å². The van der Waals surface area contributed by atoms with E-state index in [1.54, 1.807) is 36.5 Å². The van der Waals surface area contributed by atoms with E-state index < -0.39 is 102 Å². The molecule has 7 atom stereocenters. The first-order valence-electron chi connectivity index (χ1n) is 23.8. The Balaban J connectivity index is 1.44. The van der Waals surface area contributed by atoms with Crippen LogP contribution in [0, 0.1) is 0 Å². The number of benzene rings is 2. The van der Waals surface area contributed by atoms with Gasteiger partial charge in [0.25, 0.3) is 0 Å². The Morgan fingerprint density at radius 2 is 1.54 bits per heavy atom. The number of aromatic nitrogens is 3. The molecule has 0 spiro atoms. The van der Waals surface area contributed by atoms with Crippen molar-refractivity contribution in [3.05, 3.63) is 90.1 Å². The molecule has 2 aromatic heterocycles. The molecule has 70 heavy (non-hydrogen) atoms. The Hall–Kier alpha value is -7.58. The topological polar surface area (TPSA) is 311 Å². The number of hydrogen-bond donors (Lipinski definition) is 9. The van der Waals surface area contributed by atoms with Crippen molar-refractivity contribution in [2.75, 3.05) is 13.1 Å². The summed E-state index contributed by atoms with van der Waals surface area (Å²) in [5, 5.41) is 24.9. The molecule has 4 heterocycles. The summed E-state index contributed by atoms with van der Waals surface area (Å²) in [5.41, 5.74) is 8.60. The van der Waals surface area contributed by atoms with Gasteiger partial charge >= 0.3 is 5.97 Å².